The number of hydrogen-bond donors (Lipinski definition) is 2. The summed E-state index contributed by atoms with van der Waals surface area (Å²) >= 11 is 0. The number of hydrogen-bond acceptors (Lipinski definition) is 4. The number of nitrogens with two attached hydrogens (primary N) is 1. The predicted molar refractivity (Wildman–Crippen MR) is 72.5 cm³/mol. The van der Waals surface area contributed by atoms with Crippen molar-refractivity contribution < 1.29 is 9.59 Å². The van der Waals surface area contributed by atoms with Crippen molar-refractivity contribution in [2.75, 3.05) is 18.8 Å². The number of carbonyl (C=O) groups excluding carboxylic acids is 2. The zero-order valence-corrected chi connectivity index (χ0v) is 11.3. The minimum Gasteiger partial charge on any atom is -0.396 e. The minimum atomic E-state index is 0.0588. The fourth-order valence-corrected chi connectivity index (χ4v) is 3.04. The Kier molecular flexibility index (Phi) is 3.33. The first-order valence-electron chi connectivity index (χ1n) is 6.97. The molecule has 1 aromatic heterocycles. The SMILES string of the molecule is Nc1cnn(CC(=O)N2CCC3NC(=O)CCC3C2)c1. The molecule has 0 aliphatic carbocycles. The Hall–Kier alpha value is -2.05. The van der Waals surface area contributed by atoms with Gasteiger partial charge in [-0.3, -0.25) is 14.3 Å². The summed E-state index contributed by atoms with van der Waals surface area (Å²) in [5.41, 5.74) is 6.15. The topological polar surface area (TPSA) is 93.2 Å². The molecule has 3 heterocycles. The van der Waals surface area contributed by atoms with Crippen LogP contribution in [0.15, 0.2) is 12.4 Å². The van der Waals surface area contributed by atoms with Gasteiger partial charge < -0.3 is 16.0 Å². The van der Waals surface area contributed by atoms with Crippen LogP contribution in [0, 0.1) is 5.92 Å². The number of aromatic nitrogens is 2. The number of amides is 2. The molecule has 2 atom stereocenters. The third-order valence-corrected chi connectivity index (χ3v) is 4.13. The van der Waals surface area contributed by atoms with E-state index in [0.717, 1.165) is 19.4 Å². The standard InChI is InChI=1S/C13H19N5O2/c14-10-5-15-18(7-10)8-13(20)17-4-3-11-9(6-17)1-2-12(19)16-11/h5,7,9,11H,1-4,6,8,14H2,(H,16,19). The number of nitrogen functional groups attached to an aromatic ring is 1. The summed E-state index contributed by atoms with van der Waals surface area (Å²) in [4.78, 5) is 25.5. The van der Waals surface area contributed by atoms with E-state index >= 15 is 0 Å². The van der Waals surface area contributed by atoms with Crippen LogP contribution in [0.25, 0.3) is 0 Å². The second-order valence-corrected chi connectivity index (χ2v) is 5.57. The maximum atomic E-state index is 12.3. The van der Waals surface area contributed by atoms with E-state index in [1.807, 2.05) is 4.90 Å². The Morgan fingerprint density at radius 1 is 1.50 bits per heavy atom. The maximum absolute atomic E-state index is 12.3. The van der Waals surface area contributed by atoms with E-state index in [2.05, 4.69) is 10.4 Å². The molecule has 0 bridgehead atoms. The molecule has 0 radical (unpaired) electrons. The number of fused-ring (bicyclic) bond motifs is 1. The first kappa shape index (κ1) is 13.0. The highest BCUT2D eigenvalue weighted by Gasteiger charge is 2.35. The van der Waals surface area contributed by atoms with Gasteiger partial charge >= 0.3 is 0 Å². The van der Waals surface area contributed by atoms with Gasteiger partial charge in [0, 0.05) is 31.7 Å². The monoisotopic (exact) mass is 277 g/mol. The normalized spacial score (nSPS) is 26.0. The number of likely N-dealkylation sites (tertiary alicyclic amines) is 1. The van der Waals surface area contributed by atoms with Gasteiger partial charge in [0.25, 0.3) is 0 Å². The van der Waals surface area contributed by atoms with Gasteiger partial charge in [-0.25, -0.2) is 0 Å². The second-order valence-electron chi connectivity index (χ2n) is 5.57. The highest BCUT2D eigenvalue weighted by atomic mass is 16.2. The van der Waals surface area contributed by atoms with Crippen LogP contribution in [0.1, 0.15) is 19.3 Å². The molecule has 2 aliphatic rings. The predicted octanol–water partition coefficient (Wildman–Crippen LogP) is -0.408. The average molecular weight is 277 g/mol. The lowest BCUT2D eigenvalue weighted by atomic mass is 9.85. The van der Waals surface area contributed by atoms with Crippen LogP contribution >= 0.6 is 0 Å². The van der Waals surface area contributed by atoms with Gasteiger partial charge in [-0.1, -0.05) is 0 Å². The van der Waals surface area contributed by atoms with Crippen LogP contribution in [0.2, 0.25) is 0 Å². The molecule has 0 saturated carbocycles. The van der Waals surface area contributed by atoms with Crippen LogP contribution in [0.3, 0.4) is 0 Å². The van der Waals surface area contributed by atoms with E-state index in [9.17, 15) is 9.59 Å². The molecule has 2 aliphatic heterocycles. The largest absolute Gasteiger partial charge is 0.396 e. The Morgan fingerprint density at radius 3 is 3.10 bits per heavy atom. The molecular formula is C13H19N5O2. The van der Waals surface area contributed by atoms with Crippen molar-refractivity contribution in [2.24, 2.45) is 5.92 Å². The van der Waals surface area contributed by atoms with E-state index in [1.165, 1.54) is 6.20 Å². The lowest BCUT2D eigenvalue weighted by Crippen LogP contribution is -2.55. The van der Waals surface area contributed by atoms with Crippen molar-refractivity contribution >= 4 is 17.5 Å². The zero-order valence-electron chi connectivity index (χ0n) is 11.3. The summed E-state index contributed by atoms with van der Waals surface area (Å²) in [7, 11) is 0. The van der Waals surface area contributed by atoms with Gasteiger partial charge in [-0.15, -0.1) is 0 Å². The van der Waals surface area contributed by atoms with Crippen molar-refractivity contribution in [1.82, 2.24) is 20.0 Å². The molecule has 2 fully saturated rings. The van der Waals surface area contributed by atoms with Gasteiger partial charge in [0.1, 0.15) is 6.54 Å². The molecule has 3 N–H and O–H groups in total. The first-order valence-corrected chi connectivity index (χ1v) is 6.97. The molecule has 7 heteroatoms. The van der Waals surface area contributed by atoms with E-state index < -0.39 is 0 Å². The zero-order chi connectivity index (χ0) is 14.1. The Bertz CT molecular complexity index is 527. The number of nitrogens with zero attached hydrogens (tertiary/aromatic N) is 3. The van der Waals surface area contributed by atoms with Crippen LogP contribution in [-0.2, 0) is 16.1 Å². The molecule has 0 aromatic carbocycles. The van der Waals surface area contributed by atoms with Gasteiger partial charge in [-0.05, 0) is 18.8 Å². The third-order valence-electron chi connectivity index (χ3n) is 4.13. The van der Waals surface area contributed by atoms with Gasteiger partial charge in [0.15, 0.2) is 0 Å². The molecule has 108 valence electrons. The van der Waals surface area contributed by atoms with E-state index in [4.69, 9.17) is 5.73 Å². The smallest absolute Gasteiger partial charge is 0.244 e. The molecule has 2 amide bonds. The van der Waals surface area contributed by atoms with Crippen molar-refractivity contribution in [3.63, 3.8) is 0 Å². The average Bonchev–Trinajstić information content (AvgIpc) is 2.83. The lowest BCUT2D eigenvalue weighted by molar-refractivity contribution is -0.135. The van der Waals surface area contributed by atoms with Crippen LogP contribution < -0.4 is 11.1 Å². The summed E-state index contributed by atoms with van der Waals surface area (Å²) in [6, 6.07) is 0.237. The molecule has 20 heavy (non-hydrogen) atoms. The molecule has 3 rings (SSSR count). The number of rotatable bonds is 2. The molecule has 0 spiro atoms. The van der Waals surface area contributed by atoms with E-state index in [0.29, 0.717) is 24.6 Å². The van der Waals surface area contributed by atoms with E-state index in [1.54, 1.807) is 10.9 Å². The minimum absolute atomic E-state index is 0.0588. The second kappa shape index (κ2) is 5.15. The number of carbonyl (C=O) groups is 2. The summed E-state index contributed by atoms with van der Waals surface area (Å²) in [5.74, 6) is 0.578. The summed E-state index contributed by atoms with van der Waals surface area (Å²) in [6.07, 6.45) is 5.47. The summed E-state index contributed by atoms with van der Waals surface area (Å²) in [5, 5.41) is 7.05. The van der Waals surface area contributed by atoms with Gasteiger partial charge in [-0.2, -0.15) is 5.10 Å². The molecule has 7 nitrogen and oxygen atoms in total. The van der Waals surface area contributed by atoms with Crippen molar-refractivity contribution in [3.05, 3.63) is 12.4 Å². The van der Waals surface area contributed by atoms with E-state index in [-0.39, 0.29) is 24.4 Å². The maximum Gasteiger partial charge on any atom is 0.244 e. The number of piperidine rings is 2. The number of anilines is 1. The lowest BCUT2D eigenvalue weighted by Gasteiger charge is -2.41. The quantitative estimate of drug-likeness (QED) is 0.768. The summed E-state index contributed by atoms with van der Waals surface area (Å²) in [6.45, 7) is 1.64. The number of nitrogens with one attached hydrogen (secondary N) is 1. The molecule has 2 saturated heterocycles. The van der Waals surface area contributed by atoms with Crippen LogP contribution in [-0.4, -0.2) is 45.6 Å². The van der Waals surface area contributed by atoms with Crippen LogP contribution in [0.4, 0.5) is 5.69 Å². The molecule has 2 unspecified atom stereocenters. The summed E-state index contributed by atoms with van der Waals surface area (Å²) < 4.78 is 1.56. The van der Waals surface area contributed by atoms with Gasteiger partial charge in [0.2, 0.25) is 11.8 Å². The Labute approximate surface area is 117 Å². The van der Waals surface area contributed by atoms with Crippen molar-refractivity contribution in [1.29, 1.82) is 0 Å². The highest BCUT2D eigenvalue weighted by molar-refractivity contribution is 5.78. The fraction of sp³-hybridized carbons (Fsp3) is 0.615. The highest BCUT2D eigenvalue weighted by Crippen LogP contribution is 2.25. The van der Waals surface area contributed by atoms with Crippen molar-refractivity contribution in [3.8, 4) is 0 Å². The van der Waals surface area contributed by atoms with Crippen molar-refractivity contribution in [2.45, 2.75) is 31.8 Å². The molecule has 1 aromatic rings. The van der Waals surface area contributed by atoms with Crippen LogP contribution in [0.5, 0.6) is 0 Å². The third kappa shape index (κ3) is 2.61. The van der Waals surface area contributed by atoms with Gasteiger partial charge in [0.05, 0.1) is 11.9 Å². The Balaban J connectivity index is 1.58. The fourth-order valence-electron chi connectivity index (χ4n) is 3.04. The first-order chi connectivity index (χ1) is 9.61. The molecular weight excluding hydrogens is 258 g/mol. The Morgan fingerprint density at radius 2 is 2.35 bits per heavy atom.